The maximum atomic E-state index is 11.4. The summed E-state index contributed by atoms with van der Waals surface area (Å²) in [4.78, 5) is 11.3. The number of alkyl halides is 1. The molecule has 0 aliphatic carbocycles. The van der Waals surface area contributed by atoms with Crippen LogP contribution in [-0.2, 0) is 9.53 Å². The first-order valence-electron chi connectivity index (χ1n) is 6.03. The Morgan fingerprint density at radius 1 is 1.13 bits per heavy atom. The van der Waals surface area contributed by atoms with Gasteiger partial charge in [0.05, 0.1) is 6.61 Å². The van der Waals surface area contributed by atoms with Crippen molar-refractivity contribution in [1.29, 1.82) is 0 Å². The third kappa shape index (κ3) is 8.91. The van der Waals surface area contributed by atoms with Crippen molar-refractivity contribution in [2.24, 2.45) is 0 Å². The molecule has 0 saturated carbocycles. The Kier molecular flexibility index (Phi) is 10.4. The third-order valence-corrected chi connectivity index (χ3v) is 3.14. The van der Waals surface area contributed by atoms with E-state index in [0.29, 0.717) is 6.61 Å². The summed E-state index contributed by atoms with van der Waals surface area (Å²) in [5.74, 6) is -0.0973. The van der Waals surface area contributed by atoms with Gasteiger partial charge in [0, 0.05) is 0 Å². The van der Waals surface area contributed by atoms with Crippen LogP contribution in [0, 0.1) is 0 Å². The molecular formula is C12H23BrO2. The van der Waals surface area contributed by atoms with E-state index >= 15 is 0 Å². The fraction of sp³-hybridized carbons (Fsp3) is 0.917. The molecule has 15 heavy (non-hydrogen) atoms. The van der Waals surface area contributed by atoms with Crippen LogP contribution in [0.1, 0.15) is 58.8 Å². The summed E-state index contributed by atoms with van der Waals surface area (Å²) in [6.45, 7) is 4.87. The molecule has 2 nitrogen and oxygen atoms in total. The van der Waals surface area contributed by atoms with E-state index in [0.717, 1.165) is 32.1 Å². The predicted molar refractivity (Wildman–Crippen MR) is 67.3 cm³/mol. The van der Waals surface area contributed by atoms with Crippen LogP contribution in [0.25, 0.3) is 0 Å². The number of hydrogen-bond donors (Lipinski definition) is 0. The Bertz CT molecular complexity index is 160. The molecule has 0 unspecified atom stereocenters. The van der Waals surface area contributed by atoms with Gasteiger partial charge in [-0.15, -0.1) is 0 Å². The molecule has 0 aliphatic rings. The van der Waals surface area contributed by atoms with Gasteiger partial charge in [-0.25, -0.2) is 0 Å². The van der Waals surface area contributed by atoms with E-state index in [2.05, 4.69) is 29.8 Å². The number of hydrogen-bond acceptors (Lipinski definition) is 2. The first-order chi connectivity index (χ1) is 7.22. The van der Waals surface area contributed by atoms with E-state index in [1.165, 1.54) is 12.8 Å². The second-order valence-electron chi connectivity index (χ2n) is 3.84. The average Bonchev–Trinajstić information content (AvgIpc) is 2.25. The van der Waals surface area contributed by atoms with Crippen molar-refractivity contribution in [2.45, 2.75) is 63.6 Å². The largest absolute Gasteiger partial charge is 0.465 e. The summed E-state index contributed by atoms with van der Waals surface area (Å²) in [6, 6.07) is 0. The Hall–Kier alpha value is -0.0500. The van der Waals surface area contributed by atoms with Crippen molar-refractivity contribution in [2.75, 3.05) is 6.61 Å². The lowest BCUT2D eigenvalue weighted by molar-refractivity contribution is -0.143. The molecule has 0 N–H and O–H groups in total. The molecule has 0 aromatic carbocycles. The molecule has 0 radical (unpaired) electrons. The van der Waals surface area contributed by atoms with E-state index in [9.17, 15) is 4.79 Å². The summed E-state index contributed by atoms with van der Waals surface area (Å²) in [7, 11) is 0. The number of esters is 1. The topological polar surface area (TPSA) is 26.3 Å². The van der Waals surface area contributed by atoms with Gasteiger partial charge in [-0.3, -0.25) is 4.79 Å². The van der Waals surface area contributed by atoms with Crippen molar-refractivity contribution in [3.63, 3.8) is 0 Å². The first kappa shape index (κ1) is 14.9. The summed E-state index contributed by atoms with van der Waals surface area (Å²) >= 11 is 3.35. The summed E-state index contributed by atoms with van der Waals surface area (Å²) in [6.07, 6.45) is 7.66. The Morgan fingerprint density at radius 2 is 1.80 bits per heavy atom. The van der Waals surface area contributed by atoms with Crippen LogP contribution in [0.15, 0.2) is 0 Å². The lowest BCUT2D eigenvalue weighted by Crippen LogP contribution is -2.17. The minimum Gasteiger partial charge on any atom is -0.465 e. The number of unbranched alkanes of at least 4 members (excludes halogenated alkanes) is 4. The van der Waals surface area contributed by atoms with E-state index in [-0.39, 0.29) is 10.8 Å². The number of carbonyl (C=O) groups excluding carboxylic acids is 1. The molecule has 0 heterocycles. The fourth-order valence-corrected chi connectivity index (χ4v) is 1.75. The number of ether oxygens (including phenoxy) is 1. The lowest BCUT2D eigenvalue weighted by atomic mass is 10.2. The highest BCUT2D eigenvalue weighted by Crippen LogP contribution is 2.12. The minimum absolute atomic E-state index is 0.0973. The maximum absolute atomic E-state index is 11.4. The standard InChI is InChI=1S/C12H23BrO2/c1-3-5-7-8-10-15-12(14)11(13)9-6-4-2/h11H,3-10H2,1-2H3/t11-/m1/s1. The van der Waals surface area contributed by atoms with Gasteiger partial charge in [0.1, 0.15) is 4.83 Å². The van der Waals surface area contributed by atoms with Crippen LogP contribution in [0.5, 0.6) is 0 Å². The highest BCUT2D eigenvalue weighted by molar-refractivity contribution is 9.10. The molecule has 0 fully saturated rings. The summed E-state index contributed by atoms with van der Waals surface area (Å²) in [5.41, 5.74) is 0. The SMILES string of the molecule is CCCCCCOC(=O)[C@H](Br)CCCC. The highest BCUT2D eigenvalue weighted by Gasteiger charge is 2.14. The third-order valence-electron chi connectivity index (χ3n) is 2.31. The zero-order valence-electron chi connectivity index (χ0n) is 9.93. The van der Waals surface area contributed by atoms with Gasteiger partial charge in [-0.2, -0.15) is 0 Å². The molecule has 0 saturated heterocycles. The lowest BCUT2D eigenvalue weighted by Gasteiger charge is -2.09. The molecule has 0 amide bonds. The molecule has 0 aliphatic heterocycles. The molecular weight excluding hydrogens is 256 g/mol. The van der Waals surface area contributed by atoms with E-state index in [1.54, 1.807) is 0 Å². The average molecular weight is 279 g/mol. The summed E-state index contributed by atoms with van der Waals surface area (Å²) in [5, 5.41) is 0. The molecule has 0 aromatic rings. The Labute approximate surface area is 102 Å². The smallest absolute Gasteiger partial charge is 0.319 e. The molecule has 0 rings (SSSR count). The van der Waals surface area contributed by atoms with Crippen LogP contribution in [0.4, 0.5) is 0 Å². The summed E-state index contributed by atoms with van der Waals surface area (Å²) < 4.78 is 5.16. The van der Waals surface area contributed by atoms with Crippen molar-refractivity contribution >= 4 is 21.9 Å². The van der Waals surface area contributed by atoms with Gasteiger partial charge < -0.3 is 4.74 Å². The molecule has 3 heteroatoms. The molecule has 1 atom stereocenters. The van der Waals surface area contributed by atoms with Gasteiger partial charge in [0.2, 0.25) is 0 Å². The van der Waals surface area contributed by atoms with Crippen LogP contribution in [0.3, 0.4) is 0 Å². The van der Waals surface area contributed by atoms with Gasteiger partial charge in [0.15, 0.2) is 0 Å². The predicted octanol–water partition coefficient (Wildman–Crippen LogP) is 4.06. The minimum atomic E-state index is -0.108. The molecule has 90 valence electrons. The van der Waals surface area contributed by atoms with Gasteiger partial charge in [0.25, 0.3) is 0 Å². The van der Waals surface area contributed by atoms with E-state index < -0.39 is 0 Å². The number of carbonyl (C=O) groups is 1. The van der Waals surface area contributed by atoms with Gasteiger partial charge in [-0.1, -0.05) is 61.9 Å². The van der Waals surface area contributed by atoms with Crippen LogP contribution < -0.4 is 0 Å². The Morgan fingerprint density at radius 3 is 2.40 bits per heavy atom. The van der Waals surface area contributed by atoms with Crippen LogP contribution in [-0.4, -0.2) is 17.4 Å². The second kappa shape index (κ2) is 10.5. The van der Waals surface area contributed by atoms with Crippen LogP contribution in [0.2, 0.25) is 0 Å². The van der Waals surface area contributed by atoms with Crippen molar-refractivity contribution in [3.05, 3.63) is 0 Å². The number of halogens is 1. The molecule has 0 spiro atoms. The Balaban J connectivity index is 3.38. The maximum Gasteiger partial charge on any atom is 0.319 e. The van der Waals surface area contributed by atoms with Crippen molar-refractivity contribution < 1.29 is 9.53 Å². The van der Waals surface area contributed by atoms with Crippen molar-refractivity contribution in [1.82, 2.24) is 0 Å². The zero-order chi connectivity index (χ0) is 11.5. The first-order valence-corrected chi connectivity index (χ1v) is 6.94. The highest BCUT2D eigenvalue weighted by atomic mass is 79.9. The van der Waals surface area contributed by atoms with Gasteiger partial charge in [-0.05, 0) is 12.8 Å². The second-order valence-corrected chi connectivity index (χ2v) is 4.94. The molecule has 0 bridgehead atoms. The van der Waals surface area contributed by atoms with Crippen LogP contribution >= 0.6 is 15.9 Å². The zero-order valence-corrected chi connectivity index (χ0v) is 11.5. The fourth-order valence-electron chi connectivity index (χ4n) is 1.29. The quantitative estimate of drug-likeness (QED) is 0.361. The molecule has 0 aromatic heterocycles. The monoisotopic (exact) mass is 278 g/mol. The normalized spacial score (nSPS) is 12.5. The number of rotatable bonds is 9. The van der Waals surface area contributed by atoms with E-state index in [4.69, 9.17) is 4.74 Å². The van der Waals surface area contributed by atoms with Gasteiger partial charge >= 0.3 is 5.97 Å². The van der Waals surface area contributed by atoms with Crippen molar-refractivity contribution in [3.8, 4) is 0 Å². The van der Waals surface area contributed by atoms with E-state index in [1.807, 2.05) is 0 Å².